The average molecular weight is 377 g/mol. The standard InChI is InChI=1S/C21H19N3O4/c1-2-14-3-5-16(6-4-14)12-20-23-24-21(28-20)22-19(25)10-8-15-7-9-17-18(11-15)27-13-26-17/h3-11H,2,12-13H2,1H3,(H,22,24,25). The van der Waals surface area contributed by atoms with Crippen LogP contribution in [0.25, 0.3) is 6.08 Å². The monoisotopic (exact) mass is 377 g/mol. The Labute approximate surface area is 162 Å². The smallest absolute Gasteiger partial charge is 0.322 e. The van der Waals surface area contributed by atoms with E-state index in [0.29, 0.717) is 23.8 Å². The van der Waals surface area contributed by atoms with Crippen LogP contribution in [-0.2, 0) is 17.6 Å². The van der Waals surface area contributed by atoms with E-state index in [1.165, 1.54) is 11.6 Å². The molecular weight excluding hydrogens is 358 g/mol. The third-order valence-corrected chi connectivity index (χ3v) is 4.31. The molecule has 0 unspecified atom stereocenters. The van der Waals surface area contributed by atoms with Crippen molar-refractivity contribution in [3.63, 3.8) is 0 Å². The van der Waals surface area contributed by atoms with E-state index in [2.05, 4.69) is 34.6 Å². The van der Waals surface area contributed by atoms with Gasteiger partial charge in [-0.1, -0.05) is 42.4 Å². The zero-order chi connectivity index (χ0) is 19.3. The second-order valence-corrected chi connectivity index (χ2v) is 6.28. The van der Waals surface area contributed by atoms with Crippen LogP contribution in [0.3, 0.4) is 0 Å². The summed E-state index contributed by atoms with van der Waals surface area (Å²) in [5.41, 5.74) is 3.17. The number of benzene rings is 2. The highest BCUT2D eigenvalue weighted by Crippen LogP contribution is 2.32. The van der Waals surface area contributed by atoms with Gasteiger partial charge >= 0.3 is 6.01 Å². The van der Waals surface area contributed by atoms with Crippen LogP contribution in [0.15, 0.2) is 53.0 Å². The lowest BCUT2D eigenvalue weighted by Crippen LogP contribution is -2.07. The number of carbonyl (C=O) groups excluding carboxylic acids is 1. The molecule has 0 saturated carbocycles. The van der Waals surface area contributed by atoms with Gasteiger partial charge in [0.15, 0.2) is 11.5 Å². The number of hydrogen-bond donors (Lipinski definition) is 1. The molecule has 0 fully saturated rings. The number of aromatic nitrogens is 2. The van der Waals surface area contributed by atoms with Crippen molar-refractivity contribution in [1.82, 2.24) is 10.2 Å². The van der Waals surface area contributed by atoms with E-state index in [1.807, 2.05) is 18.2 Å². The van der Waals surface area contributed by atoms with Gasteiger partial charge in [-0.3, -0.25) is 10.1 Å². The van der Waals surface area contributed by atoms with E-state index < -0.39 is 0 Å². The highest BCUT2D eigenvalue weighted by Gasteiger charge is 2.13. The van der Waals surface area contributed by atoms with Gasteiger partial charge in [0.1, 0.15) is 0 Å². The second-order valence-electron chi connectivity index (χ2n) is 6.28. The van der Waals surface area contributed by atoms with Gasteiger partial charge in [0, 0.05) is 6.08 Å². The van der Waals surface area contributed by atoms with E-state index in [4.69, 9.17) is 13.9 Å². The van der Waals surface area contributed by atoms with Gasteiger partial charge in [-0.2, -0.15) is 0 Å². The van der Waals surface area contributed by atoms with Crippen molar-refractivity contribution in [2.45, 2.75) is 19.8 Å². The van der Waals surface area contributed by atoms with Gasteiger partial charge in [0.2, 0.25) is 12.7 Å². The van der Waals surface area contributed by atoms with E-state index in [1.54, 1.807) is 18.2 Å². The first kappa shape index (κ1) is 17.8. The molecule has 1 aromatic heterocycles. The quantitative estimate of drug-likeness (QED) is 0.661. The van der Waals surface area contributed by atoms with Crippen LogP contribution in [0.2, 0.25) is 0 Å². The summed E-state index contributed by atoms with van der Waals surface area (Å²) in [6.45, 7) is 2.33. The minimum Gasteiger partial charge on any atom is -0.454 e. The molecule has 2 aromatic carbocycles. The summed E-state index contributed by atoms with van der Waals surface area (Å²) in [5, 5.41) is 10.4. The maximum Gasteiger partial charge on any atom is 0.322 e. The van der Waals surface area contributed by atoms with Crippen molar-refractivity contribution in [2.24, 2.45) is 0 Å². The van der Waals surface area contributed by atoms with Crippen LogP contribution < -0.4 is 14.8 Å². The molecule has 0 aliphatic carbocycles. The van der Waals surface area contributed by atoms with E-state index in [0.717, 1.165) is 17.5 Å². The van der Waals surface area contributed by atoms with Gasteiger partial charge in [0.25, 0.3) is 5.91 Å². The summed E-state index contributed by atoms with van der Waals surface area (Å²) >= 11 is 0. The molecule has 2 heterocycles. The Morgan fingerprint density at radius 3 is 2.68 bits per heavy atom. The third-order valence-electron chi connectivity index (χ3n) is 4.31. The highest BCUT2D eigenvalue weighted by atomic mass is 16.7. The van der Waals surface area contributed by atoms with Crippen molar-refractivity contribution in [2.75, 3.05) is 12.1 Å². The number of carbonyl (C=O) groups is 1. The summed E-state index contributed by atoms with van der Waals surface area (Å²) < 4.78 is 16.1. The van der Waals surface area contributed by atoms with Crippen LogP contribution in [0.1, 0.15) is 29.5 Å². The van der Waals surface area contributed by atoms with Crippen molar-refractivity contribution in [1.29, 1.82) is 0 Å². The number of nitrogens with zero attached hydrogens (tertiary/aromatic N) is 2. The predicted octanol–water partition coefficient (Wildman–Crippen LogP) is 3.60. The van der Waals surface area contributed by atoms with Gasteiger partial charge in [-0.25, -0.2) is 0 Å². The molecule has 7 nitrogen and oxygen atoms in total. The molecule has 0 saturated heterocycles. The van der Waals surface area contributed by atoms with Gasteiger partial charge in [-0.05, 0) is 41.3 Å². The number of hydrogen-bond acceptors (Lipinski definition) is 6. The number of ether oxygens (including phenoxy) is 2. The van der Waals surface area contributed by atoms with Crippen LogP contribution in [-0.4, -0.2) is 22.9 Å². The summed E-state index contributed by atoms with van der Waals surface area (Å²) in [6, 6.07) is 13.7. The second kappa shape index (κ2) is 7.96. The molecule has 1 aliphatic rings. The van der Waals surface area contributed by atoms with Crippen molar-refractivity contribution >= 4 is 18.0 Å². The van der Waals surface area contributed by atoms with Gasteiger partial charge in [-0.15, -0.1) is 5.10 Å². The zero-order valence-electron chi connectivity index (χ0n) is 15.3. The first-order chi connectivity index (χ1) is 13.7. The fraction of sp³-hybridized carbons (Fsp3) is 0.190. The summed E-state index contributed by atoms with van der Waals surface area (Å²) in [7, 11) is 0. The van der Waals surface area contributed by atoms with E-state index in [9.17, 15) is 4.79 Å². The minimum atomic E-state index is -0.361. The summed E-state index contributed by atoms with van der Waals surface area (Å²) in [4.78, 5) is 12.1. The third kappa shape index (κ3) is 4.20. The number of fused-ring (bicyclic) bond motifs is 1. The normalized spacial score (nSPS) is 12.5. The minimum absolute atomic E-state index is 0.0699. The highest BCUT2D eigenvalue weighted by molar-refractivity contribution is 6.00. The lowest BCUT2D eigenvalue weighted by molar-refractivity contribution is -0.112. The Bertz CT molecular complexity index is 1010. The van der Waals surface area contributed by atoms with Crippen molar-refractivity contribution < 1.29 is 18.7 Å². The summed E-state index contributed by atoms with van der Waals surface area (Å²) in [6.07, 6.45) is 4.57. The molecular formula is C21H19N3O4. The SMILES string of the molecule is CCc1ccc(Cc2nnc(NC(=O)C=Cc3ccc4c(c3)OCO4)o2)cc1. The molecule has 0 spiro atoms. The molecule has 28 heavy (non-hydrogen) atoms. The Morgan fingerprint density at radius 2 is 1.86 bits per heavy atom. The first-order valence-corrected chi connectivity index (χ1v) is 8.98. The molecule has 3 aromatic rings. The predicted molar refractivity (Wildman–Crippen MR) is 103 cm³/mol. The fourth-order valence-corrected chi connectivity index (χ4v) is 2.78. The number of anilines is 1. The summed E-state index contributed by atoms with van der Waals surface area (Å²) in [5.74, 6) is 1.44. The molecule has 0 atom stereocenters. The molecule has 1 amide bonds. The Morgan fingerprint density at radius 1 is 1.07 bits per heavy atom. The lowest BCUT2D eigenvalue weighted by atomic mass is 10.1. The topological polar surface area (TPSA) is 86.5 Å². The average Bonchev–Trinajstić information content (AvgIpc) is 3.36. The maximum atomic E-state index is 12.1. The molecule has 1 N–H and O–H groups in total. The Kier molecular flexibility index (Phi) is 5.05. The van der Waals surface area contributed by atoms with Crippen LogP contribution in [0.4, 0.5) is 6.01 Å². The molecule has 0 radical (unpaired) electrons. The van der Waals surface area contributed by atoms with Crippen LogP contribution in [0.5, 0.6) is 11.5 Å². The number of amides is 1. The maximum absolute atomic E-state index is 12.1. The van der Waals surface area contributed by atoms with Crippen LogP contribution >= 0.6 is 0 Å². The van der Waals surface area contributed by atoms with Gasteiger partial charge in [0.05, 0.1) is 6.42 Å². The van der Waals surface area contributed by atoms with E-state index >= 15 is 0 Å². The first-order valence-electron chi connectivity index (χ1n) is 8.98. The van der Waals surface area contributed by atoms with Gasteiger partial charge < -0.3 is 13.9 Å². The zero-order valence-corrected chi connectivity index (χ0v) is 15.3. The van der Waals surface area contributed by atoms with Crippen molar-refractivity contribution in [3.05, 3.63) is 71.1 Å². The Balaban J connectivity index is 1.34. The fourth-order valence-electron chi connectivity index (χ4n) is 2.78. The molecule has 142 valence electrons. The number of rotatable bonds is 6. The van der Waals surface area contributed by atoms with Crippen molar-refractivity contribution in [3.8, 4) is 11.5 Å². The Hall–Kier alpha value is -3.61. The van der Waals surface area contributed by atoms with E-state index in [-0.39, 0.29) is 18.7 Å². The molecule has 1 aliphatic heterocycles. The lowest BCUT2D eigenvalue weighted by Gasteiger charge is -1.99. The largest absolute Gasteiger partial charge is 0.454 e. The molecule has 4 rings (SSSR count). The van der Waals surface area contributed by atoms with Crippen LogP contribution in [0, 0.1) is 0 Å². The number of aryl methyl sites for hydroxylation is 1. The number of nitrogens with one attached hydrogen (secondary N) is 1. The molecule has 7 heteroatoms. The molecule has 0 bridgehead atoms.